The van der Waals surface area contributed by atoms with Crippen LogP contribution in [0.3, 0.4) is 0 Å². The second-order valence-electron chi connectivity index (χ2n) is 7.94. The lowest BCUT2D eigenvalue weighted by Crippen LogP contribution is -2.41. The number of rotatable bonds is 9. The van der Waals surface area contributed by atoms with E-state index in [0.717, 1.165) is 6.07 Å². The highest BCUT2D eigenvalue weighted by atomic mass is 19.1. The van der Waals surface area contributed by atoms with Crippen molar-refractivity contribution in [3.63, 3.8) is 0 Å². The first-order valence-corrected chi connectivity index (χ1v) is 10.4. The number of aliphatic carboxylic acids is 2. The van der Waals surface area contributed by atoms with Crippen LogP contribution in [0.4, 0.5) is 14.5 Å². The molecule has 35 heavy (non-hydrogen) atoms. The molecule has 1 aromatic heterocycles. The zero-order chi connectivity index (χ0) is 25.9. The van der Waals surface area contributed by atoms with Gasteiger partial charge in [0.2, 0.25) is 0 Å². The first kappa shape index (κ1) is 25.3. The maximum Gasteiger partial charge on any atom is 0.326 e. The molecule has 1 amide bonds. The molecule has 3 aromatic rings. The van der Waals surface area contributed by atoms with Crippen LogP contribution in [0, 0.1) is 18.6 Å². The fourth-order valence-corrected chi connectivity index (χ4v) is 3.52. The van der Waals surface area contributed by atoms with Crippen LogP contribution < -0.4 is 15.8 Å². The molecule has 0 fully saturated rings. The van der Waals surface area contributed by atoms with Crippen molar-refractivity contribution in [1.82, 2.24) is 15.3 Å². The van der Waals surface area contributed by atoms with Gasteiger partial charge in [-0.2, -0.15) is 0 Å². The van der Waals surface area contributed by atoms with Crippen LogP contribution in [0.25, 0.3) is 10.9 Å². The smallest absolute Gasteiger partial charge is 0.326 e. The first-order chi connectivity index (χ1) is 16.5. The molecule has 1 atom stereocenters. The summed E-state index contributed by atoms with van der Waals surface area (Å²) in [6.45, 7) is 1.75. The Labute approximate surface area is 197 Å². The Balaban J connectivity index is 1.80. The third-order valence-corrected chi connectivity index (χ3v) is 5.25. The lowest BCUT2D eigenvalue weighted by Gasteiger charge is -2.21. The van der Waals surface area contributed by atoms with Crippen molar-refractivity contribution in [3.05, 3.63) is 69.3 Å². The van der Waals surface area contributed by atoms with Crippen LogP contribution in [0.15, 0.2) is 35.1 Å². The van der Waals surface area contributed by atoms with Crippen molar-refractivity contribution in [3.8, 4) is 0 Å². The van der Waals surface area contributed by atoms with Gasteiger partial charge in [-0.1, -0.05) is 6.07 Å². The van der Waals surface area contributed by atoms with Crippen molar-refractivity contribution in [2.45, 2.75) is 32.4 Å². The summed E-state index contributed by atoms with van der Waals surface area (Å²) in [4.78, 5) is 54.7. The molecule has 0 bridgehead atoms. The molecular formula is C23H22F2N4O6. The van der Waals surface area contributed by atoms with Gasteiger partial charge in [0.15, 0.2) is 0 Å². The van der Waals surface area contributed by atoms with Crippen molar-refractivity contribution < 1.29 is 33.4 Å². The quantitative estimate of drug-likeness (QED) is 0.358. The van der Waals surface area contributed by atoms with Gasteiger partial charge in [-0.15, -0.1) is 0 Å². The Hall–Kier alpha value is -4.35. The molecule has 2 aromatic carbocycles. The number of aromatic amines is 1. The molecule has 4 N–H and O–H groups in total. The minimum Gasteiger partial charge on any atom is -0.481 e. The zero-order valence-electron chi connectivity index (χ0n) is 18.8. The molecule has 0 unspecified atom stereocenters. The Morgan fingerprint density at radius 3 is 2.51 bits per heavy atom. The predicted molar refractivity (Wildman–Crippen MR) is 121 cm³/mol. The normalized spacial score (nSPS) is 11.8. The number of nitrogens with zero attached hydrogens (tertiary/aromatic N) is 2. The van der Waals surface area contributed by atoms with Crippen LogP contribution >= 0.6 is 0 Å². The van der Waals surface area contributed by atoms with Gasteiger partial charge >= 0.3 is 11.9 Å². The second kappa shape index (κ2) is 10.3. The van der Waals surface area contributed by atoms with E-state index in [1.54, 1.807) is 25.1 Å². The van der Waals surface area contributed by atoms with Gasteiger partial charge in [0.1, 0.15) is 23.5 Å². The lowest BCUT2D eigenvalue weighted by molar-refractivity contribution is -0.140. The number of nitrogens with one attached hydrogen (secondary N) is 2. The number of carboxylic acids is 2. The number of amides is 1. The summed E-state index contributed by atoms with van der Waals surface area (Å²) >= 11 is 0. The van der Waals surface area contributed by atoms with E-state index in [9.17, 15) is 28.0 Å². The number of fused-ring (bicyclic) bond motifs is 1. The van der Waals surface area contributed by atoms with Crippen molar-refractivity contribution in [1.29, 1.82) is 0 Å². The van der Waals surface area contributed by atoms with Gasteiger partial charge < -0.3 is 25.4 Å². The largest absolute Gasteiger partial charge is 0.481 e. The summed E-state index contributed by atoms with van der Waals surface area (Å²) in [5, 5.41) is 20.2. The molecular weight excluding hydrogens is 466 g/mol. The average Bonchev–Trinajstić information content (AvgIpc) is 2.77. The lowest BCUT2D eigenvalue weighted by atomic mass is 10.1. The average molecular weight is 488 g/mol. The Bertz CT molecular complexity index is 1370. The van der Waals surface area contributed by atoms with Crippen LogP contribution in [0.2, 0.25) is 0 Å². The van der Waals surface area contributed by atoms with Crippen molar-refractivity contribution >= 4 is 34.4 Å². The van der Waals surface area contributed by atoms with Crippen LogP contribution in [0.1, 0.15) is 34.6 Å². The maximum atomic E-state index is 14.8. The summed E-state index contributed by atoms with van der Waals surface area (Å²) in [5.74, 6) is -5.53. The third kappa shape index (κ3) is 5.96. The second-order valence-corrected chi connectivity index (χ2v) is 7.94. The minimum absolute atomic E-state index is 0.0986. The van der Waals surface area contributed by atoms with E-state index in [1.165, 1.54) is 11.9 Å². The monoisotopic (exact) mass is 488 g/mol. The van der Waals surface area contributed by atoms with E-state index in [2.05, 4.69) is 9.97 Å². The number of anilines is 1. The number of carboxylic acid groups (broad SMARTS) is 2. The molecule has 0 aliphatic rings. The molecule has 0 aliphatic heterocycles. The summed E-state index contributed by atoms with van der Waals surface area (Å²) in [5.41, 5.74) is -0.1000. The number of benzene rings is 2. The van der Waals surface area contributed by atoms with Gasteiger partial charge in [-0.25, -0.2) is 18.6 Å². The van der Waals surface area contributed by atoms with Gasteiger partial charge in [-0.05, 0) is 37.1 Å². The minimum atomic E-state index is -1.59. The summed E-state index contributed by atoms with van der Waals surface area (Å²) in [6, 6.07) is 4.80. The Kier molecular flexibility index (Phi) is 7.43. The van der Waals surface area contributed by atoms with E-state index in [4.69, 9.17) is 10.2 Å². The van der Waals surface area contributed by atoms with Crippen LogP contribution in [-0.4, -0.2) is 51.1 Å². The van der Waals surface area contributed by atoms with Gasteiger partial charge in [0.05, 0.1) is 22.2 Å². The molecule has 0 aliphatic carbocycles. The molecule has 1 heterocycles. The number of aromatic nitrogens is 2. The number of hydrogen-bond donors (Lipinski definition) is 4. The number of carbonyl (C=O) groups is 3. The van der Waals surface area contributed by atoms with E-state index < -0.39 is 53.9 Å². The predicted octanol–water partition coefficient (Wildman–Crippen LogP) is 2.19. The standard InChI is InChI=1S/C23H22F2N4O6/c1-11-26-17-4-3-12(7-14(17)22(33)27-11)10-29(2)19-9-15(24)13(8-16(19)25)21(32)28-18(23(34)35)5-6-20(30)31/h3-4,7-9,18H,5-6,10H2,1-2H3,(H,28,32)(H,30,31)(H,34,35)(H,26,27,33)/t18-/m1/s1. The molecule has 0 saturated carbocycles. The highest BCUT2D eigenvalue weighted by molar-refractivity contribution is 5.97. The topological polar surface area (TPSA) is 153 Å². The number of hydrogen-bond acceptors (Lipinski definition) is 6. The zero-order valence-corrected chi connectivity index (χ0v) is 18.8. The van der Waals surface area contributed by atoms with Crippen molar-refractivity contribution in [2.75, 3.05) is 11.9 Å². The highest BCUT2D eigenvalue weighted by Gasteiger charge is 2.25. The number of halogens is 2. The van der Waals surface area contributed by atoms with Gasteiger partial charge in [0, 0.05) is 26.1 Å². The molecule has 0 saturated heterocycles. The summed E-state index contributed by atoms with van der Waals surface area (Å²) < 4.78 is 29.5. The Morgan fingerprint density at radius 2 is 1.86 bits per heavy atom. The van der Waals surface area contributed by atoms with Gasteiger partial charge in [0.25, 0.3) is 11.5 Å². The third-order valence-electron chi connectivity index (χ3n) is 5.25. The summed E-state index contributed by atoms with van der Waals surface area (Å²) in [6.07, 6.45) is -0.959. The number of carbonyl (C=O) groups excluding carboxylic acids is 1. The SMILES string of the molecule is Cc1nc2ccc(CN(C)c3cc(F)c(C(=O)N[C@H](CCC(=O)O)C(=O)O)cc3F)cc2c(=O)[nH]1. The molecule has 3 rings (SSSR count). The molecule has 184 valence electrons. The molecule has 12 heteroatoms. The summed E-state index contributed by atoms with van der Waals surface area (Å²) in [7, 11) is 1.49. The van der Waals surface area contributed by atoms with Crippen LogP contribution in [0.5, 0.6) is 0 Å². The number of aryl methyl sites for hydroxylation is 1. The highest BCUT2D eigenvalue weighted by Crippen LogP contribution is 2.25. The Morgan fingerprint density at radius 1 is 1.14 bits per heavy atom. The molecule has 0 radical (unpaired) electrons. The van der Waals surface area contributed by atoms with E-state index >= 15 is 0 Å². The van der Waals surface area contributed by atoms with E-state index in [0.29, 0.717) is 28.4 Å². The van der Waals surface area contributed by atoms with Crippen LogP contribution in [-0.2, 0) is 16.1 Å². The number of H-pyrrole nitrogens is 1. The van der Waals surface area contributed by atoms with E-state index in [-0.39, 0.29) is 17.8 Å². The first-order valence-electron chi connectivity index (χ1n) is 10.4. The molecule has 0 spiro atoms. The maximum absolute atomic E-state index is 14.8. The van der Waals surface area contributed by atoms with Gasteiger partial charge in [-0.3, -0.25) is 14.4 Å². The molecule has 10 nitrogen and oxygen atoms in total. The fraction of sp³-hybridized carbons (Fsp3) is 0.261. The van der Waals surface area contributed by atoms with E-state index in [1.807, 2.05) is 5.32 Å². The van der Waals surface area contributed by atoms with Crippen molar-refractivity contribution in [2.24, 2.45) is 0 Å². The fourth-order valence-electron chi connectivity index (χ4n) is 3.52.